The smallest absolute Gasteiger partial charge is 0.137 e. The van der Waals surface area contributed by atoms with Gasteiger partial charge in [-0.1, -0.05) is 19.9 Å². The Bertz CT molecular complexity index is 423. The summed E-state index contributed by atoms with van der Waals surface area (Å²) in [6, 6.07) is 7.52. The fraction of sp³-hybridized carbons (Fsp3) is 0.200. The van der Waals surface area contributed by atoms with Crippen LogP contribution in [-0.4, -0.2) is 9.38 Å². The van der Waals surface area contributed by atoms with Gasteiger partial charge in [0.25, 0.3) is 0 Å². The van der Waals surface area contributed by atoms with Crippen LogP contribution < -0.4 is 0 Å². The first kappa shape index (κ1) is 9.27. The Morgan fingerprint density at radius 1 is 1.38 bits per heavy atom. The fourth-order valence-electron chi connectivity index (χ4n) is 1.04. The quantitative estimate of drug-likeness (QED) is 0.613. The van der Waals surface area contributed by atoms with Crippen molar-refractivity contribution in [3.63, 3.8) is 0 Å². The Morgan fingerprint density at radius 3 is 2.85 bits per heavy atom. The van der Waals surface area contributed by atoms with Crippen molar-refractivity contribution < 1.29 is 0 Å². The molecule has 0 atom stereocenters. The standard InChI is InChI=1S/C8H5N3.C2H6/c9-6-7-2-1-3-8-10-4-5-11(7)8;1-2/h1-5H;1-2H3. The van der Waals surface area contributed by atoms with Crippen molar-refractivity contribution in [2.24, 2.45) is 0 Å². The van der Waals surface area contributed by atoms with Gasteiger partial charge in [0.05, 0.1) is 0 Å². The summed E-state index contributed by atoms with van der Waals surface area (Å²) in [6.07, 6.45) is 3.45. The summed E-state index contributed by atoms with van der Waals surface area (Å²) < 4.78 is 1.75. The van der Waals surface area contributed by atoms with Crippen molar-refractivity contribution in [3.8, 4) is 6.07 Å². The van der Waals surface area contributed by atoms with Gasteiger partial charge < -0.3 is 0 Å². The van der Waals surface area contributed by atoms with Crippen molar-refractivity contribution in [2.75, 3.05) is 0 Å². The van der Waals surface area contributed by atoms with E-state index in [4.69, 9.17) is 5.26 Å². The van der Waals surface area contributed by atoms with Gasteiger partial charge in [-0.05, 0) is 12.1 Å². The van der Waals surface area contributed by atoms with Crippen molar-refractivity contribution in [1.29, 1.82) is 5.26 Å². The predicted octanol–water partition coefficient (Wildman–Crippen LogP) is 2.23. The molecule has 0 aliphatic carbocycles. The van der Waals surface area contributed by atoms with E-state index in [0.717, 1.165) is 5.65 Å². The minimum absolute atomic E-state index is 0.611. The van der Waals surface area contributed by atoms with Crippen molar-refractivity contribution >= 4 is 5.65 Å². The van der Waals surface area contributed by atoms with Crippen LogP contribution in [0.2, 0.25) is 0 Å². The largest absolute Gasteiger partial charge is 0.291 e. The van der Waals surface area contributed by atoms with Crippen LogP contribution in [0.15, 0.2) is 30.6 Å². The van der Waals surface area contributed by atoms with Crippen LogP contribution in [-0.2, 0) is 0 Å². The Labute approximate surface area is 77.3 Å². The number of imidazole rings is 1. The van der Waals surface area contributed by atoms with E-state index in [0.29, 0.717) is 5.69 Å². The lowest BCUT2D eigenvalue weighted by Crippen LogP contribution is -1.88. The van der Waals surface area contributed by atoms with Gasteiger partial charge in [0.2, 0.25) is 0 Å². The van der Waals surface area contributed by atoms with Gasteiger partial charge in [-0.3, -0.25) is 4.40 Å². The van der Waals surface area contributed by atoms with E-state index < -0.39 is 0 Å². The van der Waals surface area contributed by atoms with Crippen molar-refractivity contribution in [2.45, 2.75) is 13.8 Å². The normalized spacial score (nSPS) is 8.69. The van der Waals surface area contributed by atoms with E-state index in [9.17, 15) is 0 Å². The second-order valence-corrected chi connectivity index (χ2v) is 2.18. The second-order valence-electron chi connectivity index (χ2n) is 2.18. The van der Waals surface area contributed by atoms with Crippen LogP contribution in [0.5, 0.6) is 0 Å². The number of pyridine rings is 1. The van der Waals surface area contributed by atoms with Crippen LogP contribution in [0.4, 0.5) is 0 Å². The van der Waals surface area contributed by atoms with Crippen molar-refractivity contribution in [3.05, 3.63) is 36.3 Å². The van der Waals surface area contributed by atoms with Crippen molar-refractivity contribution in [1.82, 2.24) is 9.38 Å². The zero-order valence-corrected chi connectivity index (χ0v) is 7.73. The summed E-state index contributed by atoms with van der Waals surface area (Å²) in [5, 5.41) is 8.66. The summed E-state index contributed by atoms with van der Waals surface area (Å²) in [7, 11) is 0. The SMILES string of the molecule is CC.N#Cc1cccc2nccn12. The summed E-state index contributed by atoms with van der Waals surface area (Å²) in [4.78, 5) is 4.04. The average molecular weight is 173 g/mol. The second kappa shape index (κ2) is 4.27. The predicted molar refractivity (Wildman–Crippen MR) is 51.3 cm³/mol. The summed E-state index contributed by atoms with van der Waals surface area (Å²) in [6.45, 7) is 4.00. The Kier molecular flexibility index (Phi) is 3.04. The highest BCUT2D eigenvalue weighted by Gasteiger charge is 1.96. The number of hydrogen-bond donors (Lipinski definition) is 0. The third kappa shape index (κ3) is 1.67. The van der Waals surface area contributed by atoms with Gasteiger partial charge in [-0.15, -0.1) is 0 Å². The molecule has 0 saturated carbocycles. The first-order valence-corrected chi connectivity index (χ1v) is 4.24. The molecular formula is C10H11N3. The molecule has 13 heavy (non-hydrogen) atoms. The minimum atomic E-state index is 0.611. The maximum Gasteiger partial charge on any atom is 0.137 e. The maximum absolute atomic E-state index is 8.66. The number of aromatic nitrogens is 2. The van der Waals surface area contributed by atoms with Gasteiger partial charge in [0.1, 0.15) is 17.4 Å². The molecule has 2 aromatic heterocycles. The molecule has 0 spiro atoms. The van der Waals surface area contributed by atoms with Gasteiger partial charge in [0, 0.05) is 12.4 Å². The van der Waals surface area contributed by atoms with Crippen LogP contribution in [0.25, 0.3) is 5.65 Å². The molecule has 0 N–H and O–H groups in total. The molecule has 3 heteroatoms. The summed E-state index contributed by atoms with van der Waals surface area (Å²) in [5.41, 5.74) is 1.42. The highest BCUT2D eigenvalue weighted by atomic mass is 15.0. The monoisotopic (exact) mass is 173 g/mol. The zero-order chi connectivity index (χ0) is 9.68. The third-order valence-electron chi connectivity index (χ3n) is 1.54. The molecule has 0 saturated heterocycles. The molecule has 66 valence electrons. The molecule has 0 unspecified atom stereocenters. The topological polar surface area (TPSA) is 41.1 Å². The molecule has 2 aromatic rings. The fourth-order valence-corrected chi connectivity index (χ4v) is 1.04. The lowest BCUT2D eigenvalue weighted by Gasteiger charge is -1.93. The molecule has 2 rings (SSSR count). The van der Waals surface area contributed by atoms with Gasteiger partial charge in [-0.25, -0.2) is 4.98 Å². The Balaban J connectivity index is 0.000000396. The lowest BCUT2D eigenvalue weighted by molar-refractivity contribution is 1.14. The molecule has 0 aliphatic rings. The minimum Gasteiger partial charge on any atom is -0.291 e. The summed E-state index contributed by atoms with van der Waals surface area (Å²) >= 11 is 0. The number of nitrogens with zero attached hydrogens (tertiary/aromatic N) is 3. The highest BCUT2D eigenvalue weighted by Crippen LogP contribution is 2.03. The number of fused-ring (bicyclic) bond motifs is 1. The molecule has 0 aromatic carbocycles. The van der Waals surface area contributed by atoms with Gasteiger partial charge in [0.15, 0.2) is 0 Å². The van der Waals surface area contributed by atoms with Crippen LogP contribution in [0.3, 0.4) is 0 Å². The van der Waals surface area contributed by atoms with Crippen LogP contribution >= 0.6 is 0 Å². The first-order valence-electron chi connectivity index (χ1n) is 4.24. The first-order chi connectivity index (χ1) is 6.42. The average Bonchev–Trinajstić information content (AvgIpc) is 2.68. The highest BCUT2D eigenvalue weighted by molar-refractivity contribution is 5.42. The Hall–Kier alpha value is -1.82. The zero-order valence-electron chi connectivity index (χ0n) is 7.73. The number of hydrogen-bond acceptors (Lipinski definition) is 2. The molecule has 0 aliphatic heterocycles. The van der Waals surface area contributed by atoms with E-state index >= 15 is 0 Å². The van der Waals surface area contributed by atoms with Crippen LogP contribution in [0.1, 0.15) is 19.5 Å². The van der Waals surface area contributed by atoms with Gasteiger partial charge >= 0.3 is 0 Å². The Morgan fingerprint density at radius 2 is 2.15 bits per heavy atom. The van der Waals surface area contributed by atoms with E-state index in [1.165, 1.54) is 0 Å². The molecule has 0 radical (unpaired) electrons. The van der Waals surface area contributed by atoms with E-state index in [1.807, 2.05) is 26.0 Å². The van der Waals surface area contributed by atoms with E-state index in [1.54, 1.807) is 22.9 Å². The van der Waals surface area contributed by atoms with Crippen LogP contribution in [0, 0.1) is 11.3 Å². The van der Waals surface area contributed by atoms with Gasteiger partial charge in [-0.2, -0.15) is 5.26 Å². The number of rotatable bonds is 0. The third-order valence-corrected chi connectivity index (χ3v) is 1.54. The maximum atomic E-state index is 8.66. The van der Waals surface area contributed by atoms with E-state index in [2.05, 4.69) is 11.1 Å². The summed E-state index contributed by atoms with van der Waals surface area (Å²) in [5.74, 6) is 0. The molecular weight excluding hydrogens is 162 g/mol. The molecule has 0 bridgehead atoms. The molecule has 3 nitrogen and oxygen atoms in total. The number of nitriles is 1. The molecule has 2 heterocycles. The van der Waals surface area contributed by atoms with E-state index in [-0.39, 0.29) is 0 Å². The lowest BCUT2D eigenvalue weighted by atomic mass is 10.4. The molecule has 0 amide bonds. The molecule has 0 fully saturated rings.